The van der Waals surface area contributed by atoms with E-state index >= 15 is 0 Å². The third-order valence-electron chi connectivity index (χ3n) is 2.37. The molecule has 0 atom stereocenters. The van der Waals surface area contributed by atoms with Crippen molar-refractivity contribution in [2.75, 3.05) is 19.5 Å². The van der Waals surface area contributed by atoms with Crippen LogP contribution in [0.4, 0.5) is 10.8 Å². The standard InChI is InChI=1S/C12H10Cl2N2O3S/c1-18-6-3-4-7(13)8(5-6)15-12-16-10(14)9(20-12)11(17)19-2/h3-5H,1-2H3,(H,15,16). The molecule has 0 aliphatic rings. The number of esters is 1. The van der Waals surface area contributed by atoms with Crippen LogP contribution in [-0.4, -0.2) is 25.2 Å². The highest BCUT2D eigenvalue weighted by Gasteiger charge is 2.17. The molecule has 1 aromatic carbocycles. The molecule has 5 nitrogen and oxygen atoms in total. The molecule has 20 heavy (non-hydrogen) atoms. The number of aromatic nitrogens is 1. The van der Waals surface area contributed by atoms with Crippen LogP contribution in [0.5, 0.6) is 5.75 Å². The maximum atomic E-state index is 11.5. The molecule has 0 unspecified atom stereocenters. The van der Waals surface area contributed by atoms with Crippen molar-refractivity contribution < 1.29 is 14.3 Å². The predicted octanol–water partition coefficient (Wildman–Crippen LogP) is 3.99. The first kappa shape index (κ1) is 14.9. The lowest BCUT2D eigenvalue weighted by atomic mass is 10.3. The summed E-state index contributed by atoms with van der Waals surface area (Å²) in [7, 11) is 2.84. The first-order chi connectivity index (χ1) is 9.55. The van der Waals surface area contributed by atoms with E-state index in [1.807, 2.05) is 0 Å². The molecule has 2 aromatic rings. The molecule has 0 radical (unpaired) electrons. The Labute approximate surface area is 129 Å². The van der Waals surface area contributed by atoms with Crippen molar-refractivity contribution in [3.8, 4) is 5.75 Å². The monoisotopic (exact) mass is 332 g/mol. The molecule has 0 spiro atoms. The minimum Gasteiger partial charge on any atom is -0.497 e. The summed E-state index contributed by atoms with van der Waals surface area (Å²) in [5.41, 5.74) is 0.604. The largest absolute Gasteiger partial charge is 0.497 e. The van der Waals surface area contributed by atoms with E-state index in [1.54, 1.807) is 25.3 Å². The summed E-state index contributed by atoms with van der Waals surface area (Å²) >= 11 is 13.0. The molecule has 1 aromatic heterocycles. The second kappa shape index (κ2) is 6.30. The van der Waals surface area contributed by atoms with Crippen LogP contribution in [0.1, 0.15) is 9.67 Å². The molecule has 106 valence electrons. The lowest BCUT2D eigenvalue weighted by Gasteiger charge is -2.07. The number of nitrogens with zero attached hydrogens (tertiary/aromatic N) is 1. The molecule has 2 rings (SSSR count). The highest BCUT2D eigenvalue weighted by Crippen LogP contribution is 2.33. The van der Waals surface area contributed by atoms with Gasteiger partial charge in [-0.25, -0.2) is 9.78 Å². The number of anilines is 2. The fourth-order valence-corrected chi connectivity index (χ4v) is 2.70. The molecule has 0 saturated carbocycles. The highest BCUT2D eigenvalue weighted by molar-refractivity contribution is 7.18. The number of thiazole rings is 1. The number of hydrogen-bond donors (Lipinski definition) is 1. The number of carbonyl (C=O) groups is 1. The van der Waals surface area contributed by atoms with Gasteiger partial charge in [0.15, 0.2) is 15.2 Å². The van der Waals surface area contributed by atoms with Gasteiger partial charge in [-0.1, -0.05) is 34.5 Å². The quantitative estimate of drug-likeness (QED) is 0.858. The van der Waals surface area contributed by atoms with E-state index in [1.165, 1.54) is 7.11 Å². The van der Waals surface area contributed by atoms with Gasteiger partial charge < -0.3 is 14.8 Å². The number of methoxy groups -OCH3 is 2. The number of benzene rings is 1. The fourth-order valence-electron chi connectivity index (χ4n) is 1.42. The first-order valence-corrected chi connectivity index (χ1v) is 6.97. The molecule has 0 fully saturated rings. The van der Waals surface area contributed by atoms with Gasteiger partial charge in [0, 0.05) is 6.07 Å². The van der Waals surface area contributed by atoms with Crippen molar-refractivity contribution in [3.05, 3.63) is 33.3 Å². The van der Waals surface area contributed by atoms with Gasteiger partial charge in [-0.15, -0.1) is 0 Å². The van der Waals surface area contributed by atoms with E-state index in [0.29, 0.717) is 21.6 Å². The Hall–Kier alpha value is -1.50. The van der Waals surface area contributed by atoms with Crippen molar-refractivity contribution in [1.82, 2.24) is 4.98 Å². The van der Waals surface area contributed by atoms with E-state index in [4.69, 9.17) is 27.9 Å². The van der Waals surface area contributed by atoms with Crippen LogP contribution in [-0.2, 0) is 4.74 Å². The van der Waals surface area contributed by atoms with Gasteiger partial charge in [-0.2, -0.15) is 0 Å². The summed E-state index contributed by atoms with van der Waals surface area (Å²) in [5.74, 6) is 0.116. The number of rotatable bonds is 4. The van der Waals surface area contributed by atoms with Crippen molar-refractivity contribution in [2.45, 2.75) is 0 Å². The molecule has 0 aliphatic heterocycles. The molecule has 8 heteroatoms. The van der Waals surface area contributed by atoms with Gasteiger partial charge in [0.2, 0.25) is 0 Å². The summed E-state index contributed by atoms with van der Waals surface area (Å²) in [6.07, 6.45) is 0. The topological polar surface area (TPSA) is 60.5 Å². The van der Waals surface area contributed by atoms with E-state index in [0.717, 1.165) is 11.3 Å². The van der Waals surface area contributed by atoms with Crippen molar-refractivity contribution in [1.29, 1.82) is 0 Å². The van der Waals surface area contributed by atoms with Crippen molar-refractivity contribution >= 4 is 51.3 Å². The Morgan fingerprint density at radius 3 is 2.75 bits per heavy atom. The van der Waals surface area contributed by atoms with E-state index in [2.05, 4.69) is 15.0 Å². The van der Waals surface area contributed by atoms with E-state index in [9.17, 15) is 4.79 Å². The van der Waals surface area contributed by atoms with Crippen molar-refractivity contribution in [3.63, 3.8) is 0 Å². The van der Waals surface area contributed by atoms with Gasteiger partial charge in [-0.3, -0.25) is 0 Å². The molecule has 0 saturated heterocycles. The van der Waals surface area contributed by atoms with E-state index < -0.39 is 5.97 Å². The zero-order valence-electron chi connectivity index (χ0n) is 10.6. The van der Waals surface area contributed by atoms with Crippen LogP contribution in [0.3, 0.4) is 0 Å². The maximum Gasteiger partial charge on any atom is 0.351 e. The van der Waals surface area contributed by atoms with Crippen molar-refractivity contribution in [2.24, 2.45) is 0 Å². The minimum absolute atomic E-state index is 0.0865. The van der Waals surface area contributed by atoms with Gasteiger partial charge in [0.25, 0.3) is 0 Å². The van der Waals surface area contributed by atoms with Crippen LogP contribution in [0.2, 0.25) is 10.2 Å². The third kappa shape index (κ3) is 3.15. The number of halogens is 2. The average Bonchev–Trinajstić information content (AvgIpc) is 2.81. The molecule has 1 heterocycles. The summed E-state index contributed by atoms with van der Waals surface area (Å²) < 4.78 is 9.73. The second-order valence-corrected chi connectivity index (χ2v) is 5.37. The zero-order valence-corrected chi connectivity index (χ0v) is 12.9. The molecule has 1 N–H and O–H groups in total. The lowest BCUT2D eigenvalue weighted by molar-refractivity contribution is 0.0606. The van der Waals surface area contributed by atoms with Crippen LogP contribution >= 0.6 is 34.5 Å². The highest BCUT2D eigenvalue weighted by atomic mass is 35.5. The minimum atomic E-state index is -0.530. The molecule has 0 bridgehead atoms. The average molecular weight is 333 g/mol. The number of ether oxygens (including phenoxy) is 2. The maximum absolute atomic E-state index is 11.5. The van der Waals surface area contributed by atoms with Gasteiger partial charge >= 0.3 is 5.97 Å². The first-order valence-electron chi connectivity index (χ1n) is 5.40. The number of hydrogen-bond acceptors (Lipinski definition) is 6. The van der Waals surface area contributed by atoms with Crippen LogP contribution < -0.4 is 10.1 Å². The fraction of sp³-hybridized carbons (Fsp3) is 0.167. The Bertz CT molecular complexity index is 646. The third-order valence-corrected chi connectivity index (χ3v) is 4.04. The Morgan fingerprint density at radius 1 is 1.35 bits per heavy atom. The number of carbonyl (C=O) groups excluding carboxylic acids is 1. The Kier molecular flexibility index (Phi) is 4.69. The Morgan fingerprint density at radius 2 is 2.10 bits per heavy atom. The summed E-state index contributed by atoms with van der Waals surface area (Å²) in [6, 6.07) is 5.15. The van der Waals surface area contributed by atoms with Crippen LogP contribution in [0.15, 0.2) is 18.2 Å². The molecular weight excluding hydrogens is 323 g/mol. The summed E-state index contributed by atoms with van der Waals surface area (Å²) in [5, 5.41) is 4.01. The zero-order chi connectivity index (χ0) is 14.7. The lowest BCUT2D eigenvalue weighted by Crippen LogP contribution is -1.98. The SMILES string of the molecule is COC(=O)c1sc(Nc2cc(OC)ccc2Cl)nc1Cl. The van der Waals surface area contributed by atoms with Gasteiger partial charge in [-0.05, 0) is 12.1 Å². The predicted molar refractivity (Wildman–Crippen MR) is 79.8 cm³/mol. The van der Waals surface area contributed by atoms with Crippen LogP contribution in [0, 0.1) is 0 Å². The summed E-state index contributed by atoms with van der Waals surface area (Å²) in [4.78, 5) is 15.7. The molecule has 0 aliphatic carbocycles. The summed E-state index contributed by atoms with van der Waals surface area (Å²) in [6.45, 7) is 0. The Balaban J connectivity index is 2.28. The van der Waals surface area contributed by atoms with E-state index in [-0.39, 0.29) is 10.0 Å². The molecular formula is C12H10Cl2N2O3S. The van der Waals surface area contributed by atoms with Gasteiger partial charge in [0.05, 0.1) is 24.9 Å². The second-order valence-electron chi connectivity index (χ2n) is 3.60. The number of nitrogens with one attached hydrogen (secondary N) is 1. The normalized spacial score (nSPS) is 10.2. The van der Waals surface area contributed by atoms with Crippen LogP contribution in [0.25, 0.3) is 0 Å². The molecule has 0 amide bonds. The smallest absolute Gasteiger partial charge is 0.351 e. The van der Waals surface area contributed by atoms with Gasteiger partial charge in [0.1, 0.15) is 5.75 Å².